The van der Waals surface area contributed by atoms with Gasteiger partial charge in [-0.2, -0.15) is 13.2 Å². The molecule has 0 heterocycles. The summed E-state index contributed by atoms with van der Waals surface area (Å²) in [5, 5.41) is 11.3. The van der Waals surface area contributed by atoms with Gasteiger partial charge < -0.3 is 15.2 Å². The normalized spacial score (nSPS) is 14.9. The van der Waals surface area contributed by atoms with Crippen LogP contribution in [0.4, 0.5) is 13.2 Å². The van der Waals surface area contributed by atoms with Crippen LogP contribution in [0.5, 0.6) is 5.75 Å². The predicted octanol–water partition coefficient (Wildman–Crippen LogP) is 7.67. The van der Waals surface area contributed by atoms with Crippen molar-refractivity contribution in [2.24, 2.45) is 5.92 Å². The fourth-order valence-corrected chi connectivity index (χ4v) is 5.21. The average Bonchev–Trinajstić information content (AvgIpc) is 2.93. The molecule has 39 heavy (non-hydrogen) atoms. The number of carboxylic acids is 1. The van der Waals surface area contributed by atoms with Crippen LogP contribution >= 0.6 is 0 Å². The second-order valence-corrected chi connectivity index (χ2v) is 9.90. The second kappa shape index (κ2) is 12.8. The SMILES string of the molecule is O=C(O)CCNC(=O)c1ccc(OC(CC2CCCCC2)c2c(-c3ccccc3)cccc2C(F)(F)F)cc1. The Hall–Kier alpha value is -3.81. The maximum absolute atomic E-state index is 14.4. The average molecular weight is 540 g/mol. The number of carbonyl (C=O) groups is 2. The summed E-state index contributed by atoms with van der Waals surface area (Å²) in [5.41, 5.74) is 0.887. The molecule has 1 aliphatic carbocycles. The van der Waals surface area contributed by atoms with Crippen molar-refractivity contribution in [1.29, 1.82) is 0 Å². The molecule has 0 aromatic heterocycles. The first-order valence-electron chi connectivity index (χ1n) is 13.2. The fourth-order valence-electron chi connectivity index (χ4n) is 5.21. The van der Waals surface area contributed by atoms with Crippen molar-refractivity contribution in [1.82, 2.24) is 5.32 Å². The van der Waals surface area contributed by atoms with Crippen molar-refractivity contribution in [3.8, 4) is 16.9 Å². The lowest BCUT2D eigenvalue weighted by Crippen LogP contribution is -2.25. The minimum atomic E-state index is -4.56. The first kappa shape index (κ1) is 28.2. The van der Waals surface area contributed by atoms with Gasteiger partial charge in [0, 0.05) is 17.7 Å². The third kappa shape index (κ3) is 7.62. The van der Waals surface area contributed by atoms with Gasteiger partial charge in [0.05, 0.1) is 12.0 Å². The van der Waals surface area contributed by atoms with E-state index in [1.165, 1.54) is 18.2 Å². The Morgan fingerprint density at radius 1 is 0.923 bits per heavy atom. The summed E-state index contributed by atoms with van der Waals surface area (Å²) in [7, 11) is 0. The monoisotopic (exact) mass is 539 g/mol. The third-order valence-electron chi connectivity index (χ3n) is 7.11. The molecule has 1 atom stereocenters. The van der Waals surface area contributed by atoms with Crippen LogP contribution in [0.3, 0.4) is 0 Å². The quantitative estimate of drug-likeness (QED) is 0.277. The molecule has 0 aliphatic heterocycles. The largest absolute Gasteiger partial charge is 0.486 e. The first-order chi connectivity index (χ1) is 18.7. The van der Waals surface area contributed by atoms with E-state index >= 15 is 0 Å². The lowest BCUT2D eigenvalue weighted by atomic mass is 9.81. The molecule has 1 fully saturated rings. The smallest absolute Gasteiger partial charge is 0.416 e. The molecule has 1 amide bonds. The lowest BCUT2D eigenvalue weighted by molar-refractivity contribution is -0.139. The number of carboxylic acid groups (broad SMARTS) is 1. The molecule has 8 heteroatoms. The van der Waals surface area contributed by atoms with Gasteiger partial charge in [0.25, 0.3) is 5.91 Å². The highest BCUT2D eigenvalue weighted by Crippen LogP contribution is 2.44. The van der Waals surface area contributed by atoms with E-state index in [0.717, 1.165) is 38.2 Å². The van der Waals surface area contributed by atoms with Crippen molar-refractivity contribution in [2.75, 3.05) is 6.54 Å². The number of aliphatic carboxylic acids is 1. The van der Waals surface area contributed by atoms with Gasteiger partial charge in [-0.3, -0.25) is 9.59 Å². The molecular formula is C31H32F3NO4. The number of hydrogen-bond acceptors (Lipinski definition) is 3. The zero-order valence-corrected chi connectivity index (χ0v) is 21.5. The molecule has 3 aromatic carbocycles. The number of benzene rings is 3. The summed E-state index contributed by atoms with van der Waals surface area (Å²) in [6.45, 7) is -0.00757. The molecular weight excluding hydrogens is 507 g/mol. The van der Waals surface area contributed by atoms with E-state index in [1.807, 2.05) is 6.07 Å². The molecule has 0 spiro atoms. The number of rotatable bonds is 10. The highest BCUT2D eigenvalue weighted by atomic mass is 19.4. The van der Waals surface area contributed by atoms with Crippen LogP contribution in [0.25, 0.3) is 11.1 Å². The van der Waals surface area contributed by atoms with Crippen LogP contribution < -0.4 is 10.1 Å². The van der Waals surface area contributed by atoms with E-state index < -0.39 is 29.7 Å². The predicted molar refractivity (Wildman–Crippen MR) is 142 cm³/mol. The molecule has 0 bridgehead atoms. The molecule has 0 saturated heterocycles. The summed E-state index contributed by atoms with van der Waals surface area (Å²) in [6, 6.07) is 19.5. The van der Waals surface area contributed by atoms with E-state index in [1.54, 1.807) is 42.5 Å². The lowest BCUT2D eigenvalue weighted by Gasteiger charge is -2.30. The van der Waals surface area contributed by atoms with E-state index in [0.29, 0.717) is 28.9 Å². The maximum Gasteiger partial charge on any atom is 0.416 e. The molecule has 3 aromatic rings. The van der Waals surface area contributed by atoms with E-state index in [4.69, 9.17) is 9.84 Å². The van der Waals surface area contributed by atoms with E-state index in [2.05, 4.69) is 5.32 Å². The van der Waals surface area contributed by atoms with Crippen LogP contribution in [0, 0.1) is 5.92 Å². The second-order valence-electron chi connectivity index (χ2n) is 9.90. The zero-order chi connectivity index (χ0) is 27.8. The standard InChI is InChI=1S/C31H32F3NO4/c32-31(33,34)26-13-7-12-25(22-10-5-2-6-11-22)29(26)27(20-21-8-3-1-4-9-21)39-24-16-14-23(15-17-24)30(38)35-19-18-28(36)37/h2,5-7,10-17,21,27H,1,3-4,8-9,18-20H2,(H,35,38)(H,36,37). The Morgan fingerprint density at radius 3 is 2.26 bits per heavy atom. The topological polar surface area (TPSA) is 75.6 Å². The molecule has 206 valence electrons. The van der Waals surface area contributed by atoms with Gasteiger partial charge in [-0.1, -0.05) is 74.6 Å². The number of ether oxygens (including phenoxy) is 1. The van der Waals surface area contributed by atoms with E-state index in [9.17, 15) is 22.8 Å². The van der Waals surface area contributed by atoms with Crippen molar-refractivity contribution in [2.45, 2.75) is 57.2 Å². The van der Waals surface area contributed by atoms with Crippen LogP contribution in [0.15, 0.2) is 72.8 Å². The van der Waals surface area contributed by atoms with Crippen LogP contribution in [0.1, 0.15) is 72.5 Å². The molecule has 1 unspecified atom stereocenters. The van der Waals surface area contributed by atoms with Crippen molar-refractivity contribution in [3.05, 3.63) is 89.5 Å². The zero-order valence-electron chi connectivity index (χ0n) is 21.5. The number of alkyl halides is 3. The van der Waals surface area contributed by atoms with Crippen LogP contribution in [-0.2, 0) is 11.0 Å². The van der Waals surface area contributed by atoms with Gasteiger partial charge >= 0.3 is 12.1 Å². The molecule has 1 saturated carbocycles. The maximum atomic E-state index is 14.4. The minimum Gasteiger partial charge on any atom is -0.486 e. The van der Waals surface area contributed by atoms with Gasteiger partial charge in [-0.05, 0) is 53.8 Å². The molecule has 4 rings (SSSR count). The van der Waals surface area contributed by atoms with Crippen molar-refractivity contribution < 1.29 is 32.6 Å². The highest BCUT2D eigenvalue weighted by Gasteiger charge is 2.38. The van der Waals surface area contributed by atoms with Gasteiger partial charge in [0.2, 0.25) is 0 Å². The third-order valence-corrected chi connectivity index (χ3v) is 7.11. The van der Waals surface area contributed by atoms with Gasteiger partial charge in [-0.25, -0.2) is 0 Å². The Kier molecular flexibility index (Phi) is 9.28. The summed E-state index contributed by atoms with van der Waals surface area (Å²) in [5.74, 6) is -0.853. The summed E-state index contributed by atoms with van der Waals surface area (Å²) in [6.07, 6.45) is -0.0306. The summed E-state index contributed by atoms with van der Waals surface area (Å²) < 4.78 is 49.5. The fraction of sp³-hybridized carbons (Fsp3) is 0.355. The molecule has 2 N–H and O–H groups in total. The van der Waals surface area contributed by atoms with E-state index in [-0.39, 0.29) is 24.4 Å². The van der Waals surface area contributed by atoms with Crippen molar-refractivity contribution in [3.63, 3.8) is 0 Å². The van der Waals surface area contributed by atoms with Gasteiger partial charge in [0.1, 0.15) is 11.9 Å². The van der Waals surface area contributed by atoms with Crippen molar-refractivity contribution >= 4 is 11.9 Å². The Labute approximate surface area is 226 Å². The van der Waals surface area contributed by atoms with Gasteiger partial charge in [-0.15, -0.1) is 0 Å². The Bertz CT molecular complexity index is 1250. The number of hydrogen-bond donors (Lipinski definition) is 2. The molecule has 0 radical (unpaired) electrons. The Morgan fingerprint density at radius 2 is 1.62 bits per heavy atom. The molecule has 5 nitrogen and oxygen atoms in total. The summed E-state index contributed by atoms with van der Waals surface area (Å²) >= 11 is 0. The van der Waals surface area contributed by atoms with Crippen LogP contribution in [0.2, 0.25) is 0 Å². The van der Waals surface area contributed by atoms with Gasteiger partial charge in [0.15, 0.2) is 0 Å². The highest BCUT2D eigenvalue weighted by molar-refractivity contribution is 5.94. The number of amides is 1. The summed E-state index contributed by atoms with van der Waals surface area (Å²) in [4.78, 5) is 23.0. The minimum absolute atomic E-state index is 0.00757. The Balaban J connectivity index is 1.68. The number of halogens is 3. The van der Waals surface area contributed by atoms with Crippen LogP contribution in [-0.4, -0.2) is 23.5 Å². The molecule has 1 aliphatic rings. The number of nitrogens with one attached hydrogen (secondary N) is 1. The first-order valence-corrected chi connectivity index (χ1v) is 13.2. The number of carbonyl (C=O) groups excluding carboxylic acids is 1.